The fourth-order valence-electron chi connectivity index (χ4n) is 2.45. The van der Waals surface area contributed by atoms with Crippen molar-refractivity contribution in [3.8, 4) is 5.75 Å². The third-order valence-electron chi connectivity index (χ3n) is 3.84. The van der Waals surface area contributed by atoms with Gasteiger partial charge in [0.25, 0.3) is 5.91 Å². The summed E-state index contributed by atoms with van der Waals surface area (Å²) in [5, 5.41) is 13.9. The molecule has 1 aliphatic heterocycles. The van der Waals surface area contributed by atoms with Gasteiger partial charge < -0.3 is 19.9 Å². The highest BCUT2D eigenvalue weighted by Gasteiger charge is 2.44. The fourth-order valence-corrected chi connectivity index (χ4v) is 3.07. The first-order valence-corrected chi connectivity index (χ1v) is 8.36. The molecular formula is C17H17NO5S. The number of aliphatic carboxylic acids is 1. The maximum atomic E-state index is 12.4. The number of benzene rings is 1. The number of amides is 1. The monoisotopic (exact) mass is 347 g/mol. The molecule has 1 fully saturated rings. The molecule has 3 rings (SSSR count). The molecule has 0 aliphatic carbocycles. The summed E-state index contributed by atoms with van der Waals surface area (Å²) in [6.45, 7) is 0.717. The maximum Gasteiger partial charge on any atom is 0.331 e. The lowest BCUT2D eigenvalue weighted by atomic mass is 9.98. The molecule has 1 unspecified atom stereocenters. The Balaban J connectivity index is 1.68. The van der Waals surface area contributed by atoms with Crippen molar-refractivity contribution in [1.29, 1.82) is 0 Å². The van der Waals surface area contributed by atoms with E-state index in [4.69, 9.17) is 9.47 Å². The Labute approximate surface area is 143 Å². The summed E-state index contributed by atoms with van der Waals surface area (Å²) in [4.78, 5) is 25.0. The normalized spacial score (nSPS) is 19.8. The Kier molecular flexibility index (Phi) is 4.82. The number of carbonyl (C=O) groups is 2. The third-order valence-corrected chi connectivity index (χ3v) is 4.69. The number of carbonyl (C=O) groups excluding carboxylic acids is 1. The number of carboxylic acids is 1. The molecule has 1 saturated heterocycles. The standard InChI is InChI=1S/C17H17NO5S/c19-15(18-17(16(20)21)6-7-22-11-17)12-3-1-4-13(9-12)23-10-14-5-2-8-24-14/h1-5,8-9H,6-7,10-11H2,(H,18,19)(H,20,21). The van der Waals surface area contributed by atoms with Crippen LogP contribution in [0.1, 0.15) is 21.7 Å². The van der Waals surface area contributed by atoms with Gasteiger partial charge in [0.1, 0.15) is 12.4 Å². The fraction of sp³-hybridized carbons (Fsp3) is 0.294. The maximum absolute atomic E-state index is 12.4. The second kappa shape index (κ2) is 7.02. The van der Waals surface area contributed by atoms with Gasteiger partial charge in [-0.3, -0.25) is 4.79 Å². The Morgan fingerprint density at radius 2 is 2.21 bits per heavy atom. The molecule has 0 radical (unpaired) electrons. The van der Waals surface area contributed by atoms with Gasteiger partial charge in [-0.2, -0.15) is 0 Å². The predicted octanol–water partition coefficient (Wildman–Crippen LogP) is 2.30. The first-order chi connectivity index (χ1) is 11.6. The summed E-state index contributed by atoms with van der Waals surface area (Å²) in [5.74, 6) is -0.981. The minimum Gasteiger partial charge on any atom is -0.488 e. The molecule has 0 saturated carbocycles. The van der Waals surface area contributed by atoms with E-state index in [2.05, 4.69) is 5.32 Å². The van der Waals surface area contributed by atoms with E-state index in [1.165, 1.54) is 0 Å². The van der Waals surface area contributed by atoms with Gasteiger partial charge >= 0.3 is 5.97 Å². The van der Waals surface area contributed by atoms with Crippen LogP contribution < -0.4 is 10.1 Å². The predicted molar refractivity (Wildman–Crippen MR) is 88.4 cm³/mol. The highest BCUT2D eigenvalue weighted by Crippen LogP contribution is 2.21. The van der Waals surface area contributed by atoms with Crippen LogP contribution in [0.2, 0.25) is 0 Å². The Bertz CT molecular complexity index is 722. The van der Waals surface area contributed by atoms with Gasteiger partial charge in [0.2, 0.25) is 0 Å². The molecule has 1 aromatic heterocycles. The van der Waals surface area contributed by atoms with E-state index in [0.717, 1.165) is 4.88 Å². The van der Waals surface area contributed by atoms with Crippen LogP contribution in [0.25, 0.3) is 0 Å². The molecule has 24 heavy (non-hydrogen) atoms. The molecule has 1 atom stereocenters. The molecule has 1 amide bonds. The molecule has 2 aromatic rings. The highest BCUT2D eigenvalue weighted by molar-refractivity contribution is 7.09. The lowest BCUT2D eigenvalue weighted by molar-refractivity contribution is -0.144. The molecule has 7 heteroatoms. The van der Waals surface area contributed by atoms with E-state index < -0.39 is 17.4 Å². The molecule has 126 valence electrons. The molecule has 1 aliphatic rings. The van der Waals surface area contributed by atoms with Gasteiger partial charge in [-0.05, 0) is 29.6 Å². The third kappa shape index (κ3) is 3.58. The lowest BCUT2D eigenvalue weighted by Gasteiger charge is -2.23. The molecule has 6 nitrogen and oxygen atoms in total. The van der Waals surface area contributed by atoms with Crippen molar-refractivity contribution in [2.45, 2.75) is 18.6 Å². The van der Waals surface area contributed by atoms with Crippen molar-refractivity contribution in [1.82, 2.24) is 5.32 Å². The van der Waals surface area contributed by atoms with Gasteiger partial charge in [-0.15, -0.1) is 11.3 Å². The zero-order valence-corrected chi connectivity index (χ0v) is 13.7. The van der Waals surface area contributed by atoms with Gasteiger partial charge in [0, 0.05) is 23.5 Å². The van der Waals surface area contributed by atoms with Gasteiger partial charge in [0.05, 0.1) is 6.61 Å². The van der Waals surface area contributed by atoms with E-state index in [-0.39, 0.29) is 13.0 Å². The second-order valence-electron chi connectivity index (χ2n) is 5.54. The van der Waals surface area contributed by atoms with E-state index in [9.17, 15) is 14.7 Å². The minimum atomic E-state index is -1.36. The van der Waals surface area contributed by atoms with Gasteiger partial charge in [-0.1, -0.05) is 12.1 Å². The highest BCUT2D eigenvalue weighted by atomic mass is 32.1. The molecule has 2 N–H and O–H groups in total. The first-order valence-electron chi connectivity index (χ1n) is 7.48. The van der Waals surface area contributed by atoms with Crippen molar-refractivity contribution in [3.05, 3.63) is 52.2 Å². The molecule has 0 spiro atoms. The van der Waals surface area contributed by atoms with Crippen molar-refractivity contribution in [2.24, 2.45) is 0 Å². The Morgan fingerprint density at radius 3 is 2.88 bits per heavy atom. The molecule has 0 bridgehead atoms. The van der Waals surface area contributed by atoms with Gasteiger partial charge in [0.15, 0.2) is 5.54 Å². The number of nitrogens with one attached hydrogen (secondary N) is 1. The van der Waals surface area contributed by atoms with Crippen LogP contribution in [0, 0.1) is 0 Å². The average molecular weight is 347 g/mol. The van der Waals surface area contributed by atoms with Crippen LogP contribution in [0.15, 0.2) is 41.8 Å². The Morgan fingerprint density at radius 1 is 1.33 bits per heavy atom. The van der Waals surface area contributed by atoms with Crippen LogP contribution in [0.3, 0.4) is 0 Å². The topological polar surface area (TPSA) is 84.9 Å². The summed E-state index contributed by atoms with van der Waals surface area (Å²) in [7, 11) is 0. The number of carboxylic acid groups (broad SMARTS) is 1. The second-order valence-corrected chi connectivity index (χ2v) is 6.57. The van der Waals surface area contributed by atoms with Crippen LogP contribution in [-0.2, 0) is 16.1 Å². The van der Waals surface area contributed by atoms with E-state index in [1.54, 1.807) is 35.6 Å². The zero-order valence-electron chi connectivity index (χ0n) is 12.9. The van der Waals surface area contributed by atoms with Crippen LogP contribution in [0.4, 0.5) is 0 Å². The summed E-state index contributed by atoms with van der Waals surface area (Å²) >= 11 is 1.59. The van der Waals surface area contributed by atoms with Crippen LogP contribution in [0.5, 0.6) is 5.75 Å². The minimum absolute atomic E-state index is 0.0252. The Hall–Kier alpha value is -2.38. The number of hydrogen-bond donors (Lipinski definition) is 2. The largest absolute Gasteiger partial charge is 0.488 e. The van der Waals surface area contributed by atoms with Gasteiger partial charge in [-0.25, -0.2) is 4.79 Å². The number of thiophene rings is 1. The van der Waals surface area contributed by atoms with E-state index in [1.807, 2.05) is 17.5 Å². The summed E-state index contributed by atoms with van der Waals surface area (Å²) in [6.07, 6.45) is 0.253. The zero-order chi connectivity index (χ0) is 17.0. The number of hydrogen-bond acceptors (Lipinski definition) is 5. The van der Waals surface area contributed by atoms with Crippen LogP contribution in [-0.4, -0.2) is 35.7 Å². The number of ether oxygens (including phenoxy) is 2. The quantitative estimate of drug-likeness (QED) is 0.837. The van der Waals surface area contributed by atoms with Crippen molar-refractivity contribution >= 4 is 23.2 Å². The molecule has 1 aromatic carbocycles. The molecule has 2 heterocycles. The molecular weight excluding hydrogens is 330 g/mol. The van der Waals surface area contributed by atoms with Crippen molar-refractivity contribution in [2.75, 3.05) is 13.2 Å². The summed E-state index contributed by atoms with van der Waals surface area (Å²) in [5.41, 5.74) is -1.00. The van der Waals surface area contributed by atoms with E-state index in [0.29, 0.717) is 24.5 Å². The van der Waals surface area contributed by atoms with E-state index >= 15 is 0 Å². The number of rotatable bonds is 6. The SMILES string of the molecule is O=C(NC1(C(=O)O)CCOC1)c1cccc(OCc2cccs2)c1. The van der Waals surface area contributed by atoms with Crippen LogP contribution >= 0.6 is 11.3 Å². The lowest BCUT2D eigenvalue weighted by Crippen LogP contribution is -2.55. The summed E-state index contributed by atoms with van der Waals surface area (Å²) < 4.78 is 10.8. The first kappa shape index (κ1) is 16.5. The average Bonchev–Trinajstić information content (AvgIpc) is 3.25. The van der Waals surface area contributed by atoms with Crippen molar-refractivity contribution in [3.63, 3.8) is 0 Å². The smallest absolute Gasteiger partial charge is 0.331 e. The summed E-state index contributed by atoms with van der Waals surface area (Å²) in [6, 6.07) is 10.6. The van der Waals surface area contributed by atoms with Crippen molar-refractivity contribution < 1.29 is 24.2 Å².